The Hall–Kier alpha value is -2.70. The second kappa shape index (κ2) is 6.20. The standard InChI is InChI=1S/C16H17FN4O2/c1-21-14(19-15(22)11-4-5-11)8-13(20-21)16(23)18-9-10-2-6-12(17)7-3-10/h2-3,6-8,11H,4-5,9H2,1H3,(H,18,23)(H,19,22). The lowest BCUT2D eigenvalue weighted by Crippen LogP contribution is -2.23. The first-order valence-electron chi connectivity index (χ1n) is 7.40. The van der Waals surface area contributed by atoms with E-state index in [1.54, 1.807) is 25.2 Å². The van der Waals surface area contributed by atoms with Crippen molar-refractivity contribution in [1.29, 1.82) is 0 Å². The number of benzene rings is 1. The number of rotatable bonds is 5. The van der Waals surface area contributed by atoms with Gasteiger partial charge in [0.15, 0.2) is 5.69 Å². The molecule has 6 nitrogen and oxygen atoms in total. The predicted octanol–water partition coefficient (Wildman–Crippen LogP) is 1.84. The SMILES string of the molecule is Cn1nc(C(=O)NCc2ccc(F)cc2)cc1NC(=O)C1CC1. The molecule has 23 heavy (non-hydrogen) atoms. The third kappa shape index (κ3) is 3.74. The molecule has 3 rings (SSSR count). The Kier molecular flexibility index (Phi) is 4.10. The molecule has 1 aliphatic carbocycles. The van der Waals surface area contributed by atoms with Gasteiger partial charge in [-0.2, -0.15) is 5.10 Å². The molecule has 0 atom stereocenters. The number of nitrogens with one attached hydrogen (secondary N) is 2. The topological polar surface area (TPSA) is 76.0 Å². The molecule has 0 radical (unpaired) electrons. The third-order valence-corrected chi connectivity index (χ3v) is 3.68. The van der Waals surface area contributed by atoms with Gasteiger partial charge in [0, 0.05) is 25.6 Å². The normalized spacial score (nSPS) is 13.7. The molecule has 1 saturated carbocycles. The van der Waals surface area contributed by atoms with E-state index in [1.807, 2.05) is 0 Å². The predicted molar refractivity (Wildman–Crippen MR) is 82.1 cm³/mol. The van der Waals surface area contributed by atoms with Crippen molar-refractivity contribution in [2.45, 2.75) is 19.4 Å². The maximum atomic E-state index is 12.8. The number of halogens is 1. The van der Waals surface area contributed by atoms with Gasteiger partial charge in [0.1, 0.15) is 11.6 Å². The number of anilines is 1. The summed E-state index contributed by atoms with van der Waals surface area (Å²) in [6, 6.07) is 7.44. The van der Waals surface area contributed by atoms with Crippen LogP contribution < -0.4 is 10.6 Å². The zero-order chi connectivity index (χ0) is 16.4. The number of aryl methyl sites for hydroxylation is 1. The Morgan fingerprint density at radius 1 is 1.30 bits per heavy atom. The van der Waals surface area contributed by atoms with Gasteiger partial charge < -0.3 is 10.6 Å². The molecule has 2 aromatic rings. The number of hydrogen-bond acceptors (Lipinski definition) is 3. The molecule has 1 heterocycles. The average molecular weight is 316 g/mol. The summed E-state index contributed by atoms with van der Waals surface area (Å²) >= 11 is 0. The van der Waals surface area contributed by atoms with Crippen molar-refractivity contribution in [1.82, 2.24) is 15.1 Å². The fourth-order valence-corrected chi connectivity index (χ4v) is 2.14. The van der Waals surface area contributed by atoms with Gasteiger partial charge in [-0.25, -0.2) is 4.39 Å². The van der Waals surface area contributed by atoms with E-state index < -0.39 is 0 Å². The van der Waals surface area contributed by atoms with E-state index in [1.165, 1.54) is 16.8 Å². The zero-order valence-corrected chi connectivity index (χ0v) is 12.7. The highest BCUT2D eigenvalue weighted by molar-refractivity contribution is 5.96. The Morgan fingerprint density at radius 2 is 2.00 bits per heavy atom. The molecule has 0 saturated heterocycles. The van der Waals surface area contributed by atoms with Crippen LogP contribution >= 0.6 is 0 Å². The number of hydrogen-bond donors (Lipinski definition) is 2. The summed E-state index contributed by atoms with van der Waals surface area (Å²) in [7, 11) is 1.67. The Morgan fingerprint density at radius 3 is 2.65 bits per heavy atom. The minimum Gasteiger partial charge on any atom is -0.347 e. The summed E-state index contributed by atoms with van der Waals surface area (Å²) in [5.41, 5.74) is 1.01. The lowest BCUT2D eigenvalue weighted by Gasteiger charge is -2.03. The monoisotopic (exact) mass is 316 g/mol. The third-order valence-electron chi connectivity index (χ3n) is 3.68. The highest BCUT2D eigenvalue weighted by Gasteiger charge is 2.30. The molecule has 1 fully saturated rings. The summed E-state index contributed by atoms with van der Waals surface area (Å²) in [6.45, 7) is 0.277. The Balaban J connectivity index is 1.60. The van der Waals surface area contributed by atoms with Crippen molar-refractivity contribution in [3.8, 4) is 0 Å². The Bertz CT molecular complexity index is 735. The largest absolute Gasteiger partial charge is 0.347 e. The lowest BCUT2D eigenvalue weighted by molar-refractivity contribution is -0.117. The molecule has 0 spiro atoms. The maximum absolute atomic E-state index is 12.8. The molecule has 120 valence electrons. The van der Waals surface area contributed by atoms with E-state index in [9.17, 15) is 14.0 Å². The highest BCUT2D eigenvalue weighted by Crippen LogP contribution is 2.30. The van der Waals surface area contributed by atoms with E-state index in [-0.39, 0.29) is 35.8 Å². The molecule has 0 bridgehead atoms. The van der Waals surface area contributed by atoms with Crippen molar-refractivity contribution >= 4 is 17.6 Å². The molecule has 7 heteroatoms. The van der Waals surface area contributed by atoms with Gasteiger partial charge >= 0.3 is 0 Å². The van der Waals surface area contributed by atoms with Crippen molar-refractivity contribution in [3.63, 3.8) is 0 Å². The summed E-state index contributed by atoms with van der Waals surface area (Å²) < 4.78 is 14.3. The van der Waals surface area contributed by atoms with Gasteiger partial charge in [-0.3, -0.25) is 14.3 Å². The van der Waals surface area contributed by atoms with Crippen molar-refractivity contribution < 1.29 is 14.0 Å². The summed E-state index contributed by atoms with van der Waals surface area (Å²) in [4.78, 5) is 23.9. The molecule has 1 aromatic carbocycles. The summed E-state index contributed by atoms with van der Waals surface area (Å²) in [6.07, 6.45) is 1.82. The van der Waals surface area contributed by atoms with Crippen LogP contribution in [0, 0.1) is 11.7 Å². The Labute approximate surface area is 132 Å². The van der Waals surface area contributed by atoms with Crippen LogP contribution in [0.25, 0.3) is 0 Å². The fourth-order valence-electron chi connectivity index (χ4n) is 2.14. The maximum Gasteiger partial charge on any atom is 0.272 e. The van der Waals surface area contributed by atoms with E-state index in [0.29, 0.717) is 5.82 Å². The van der Waals surface area contributed by atoms with E-state index >= 15 is 0 Å². The number of carbonyl (C=O) groups excluding carboxylic acids is 2. The van der Waals surface area contributed by atoms with Gasteiger partial charge in [0.05, 0.1) is 0 Å². The first-order valence-corrected chi connectivity index (χ1v) is 7.40. The van der Waals surface area contributed by atoms with E-state index in [4.69, 9.17) is 0 Å². The quantitative estimate of drug-likeness (QED) is 0.884. The van der Waals surface area contributed by atoms with Crippen LogP contribution in [0.2, 0.25) is 0 Å². The van der Waals surface area contributed by atoms with E-state index in [0.717, 1.165) is 18.4 Å². The first-order chi connectivity index (χ1) is 11.0. The van der Waals surface area contributed by atoms with Crippen LogP contribution in [0.1, 0.15) is 28.9 Å². The van der Waals surface area contributed by atoms with Gasteiger partial charge in [-0.15, -0.1) is 0 Å². The fraction of sp³-hybridized carbons (Fsp3) is 0.312. The van der Waals surface area contributed by atoms with Crippen molar-refractivity contribution in [3.05, 3.63) is 47.4 Å². The average Bonchev–Trinajstić information content (AvgIpc) is 3.32. The number of nitrogens with zero attached hydrogens (tertiary/aromatic N) is 2. The minimum absolute atomic E-state index is 0.0359. The molecule has 1 aromatic heterocycles. The molecule has 2 N–H and O–H groups in total. The molecule has 1 aliphatic rings. The van der Waals surface area contributed by atoms with E-state index in [2.05, 4.69) is 15.7 Å². The number of amides is 2. The summed E-state index contributed by atoms with van der Waals surface area (Å²) in [5, 5.41) is 9.58. The summed E-state index contributed by atoms with van der Waals surface area (Å²) in [5.74, 6) is -0.126. The molecular formula is C16H17FN4O2. The van der Waals surface area contributed by atoms with Crippen molar-refractivity contribution in [2.75, 3.05) is 5.32 Å². The number of carbonyl (C=O) groups is 2. The molecular weight excluding hydrogens is 299 g/mol. The van der Waals surface area contributed by atoms with Crippen LogP contribution in [0.3, 0.4) is 0 Å². The molecule has 0 aliphatic heterocycles. The molecule has 2 amide bonds. The van der Waals surface area contributed by atoms with Crippen LogP contribution in [0.5, 0.6) is 0 Å². The number of aromatic nitrogens is 2. The lowest BCUT2D eigenvalue weighted by atomic mass is 10.2. The van der Waals surface area contributed by atoms with Gasteiger partial charge in [0.25, 0.3) is 5.91 Å². The van der Waals surface area contributed by atoms with Gasteiger partial charge in [0.2, 0.25) is 5.91 Å². The van der Waals surface area contributed by atoms with Crippen LogP contribution in [0.15, 0.2) is 30.3 Å². The van der Waals surface area contributed by atoms with Crippen LogP contribution in [-0.2, 0) is 18.4 Å². The first kappa shape index (κ1) is 15.2. The highest BCUT2D eigenvalue weighted by atomic mass is 19.1. The second-order valence-electron chi connectivity index (χ2n) is 5.61. The van der Waals surface area contributed by atoms with Gasteiger partial charge in [-0.1, -0.05) is 12.1 Å². The van der Waals surface area contributed by atoms with Crippen LogP contribution in [-0.4, -0.2) is 21.6 Å². The zero-order valence-electron chi connectivity index (χ0n) is 12.7. The van der Waals surface area contributed by atoms with Crippen LogP contribution in [0.4, 0.5) is 10.2 Å². The molecule has 0 unspecified atom stereocenters. The van der Waals surface area contributed by atoms with Gasteiger partial charge in [-0.05, 0) is 30.5 Å². The minimum atomic E-state index is -0.350. The second-order valence-corrected chi connectivity index (χ2v) is 5.61. The smallest absolute Gasteiger partial charge is 0.272 e. The van der Waals surface area contributed by atoms with Crippen molar-refractivity contribution in [2.24, 2.45) is 13.0 Å².